The van der Waals surface area contributed by atoms with Gasteiger partial charge in [0.15, 0.2) is 0 Å². The molecule has 1 aliphatic heterocycles. The van der Waals surface area contributed by atoms with Crippen LogP contribution in [0.2, 0.25) is 0 Å². The van der Waals surface area contributed by atoms with Crippen LogP contribution < -0.4 is 20.1 Å². The molecular weight excluding hydrogens is 500 g/mol. The second-order valence-corrected chi connectivity index (χ2v) is 10.8. The van der Waals surface area contributed by atoms with Crippen molar-refractivity contribution in [3.05, 3.63) is 78.1 Å². The molecule has 1 unspecified atom stereocenters. The molecule has 0 aliphatic carbocycles. The smallest absolute Gasteiger partial charge is 0.286 e. The van der Waals surface area contributed by atoms with Crippen molar-refractivity contribution in [2.75, 3.05) is 11.9 Å². The third-order valence-corrected chi connectivity index (χ3v) is 7.19. The van der Waals surface area contributed by atoms with Crippen LogP contribution in [0, 0.1) is 5.92 Å². The monoisotopic (exact) mass is 530 g/mol. The predicted octanol–water partition coefficient (Wildman–Crippen LogP) is 5.91. The second-order valence-electron chi connectivity index (χ2n) is 9.66. The highest BCUT2D eigenvalue weighted by Gasteiger charge is 2.31. The van der Waals surface area contributed by atoms with Gasteiger partial charge in [0.2, 0.25) is 5.91 Å². The number of aryl methyl sites for hydroxylation is 1. The Hall–Kier alpha value is -3.98. The summed E-state index contributed by atoms with van der Waals surface area (Å²) >= 11 is 1.03. The van der Waals surface area contributed by atoms with Gasteiger partial charge < -0.3 is 19.4 Å². The molecule has 0 radical (unpaired) electrons. The third kappa shape index (κ3) is 6.11. The summed E-state index contributed by atoms with van der Waals surface area (Å²) in [5.41, 5.74) is 3.81. The van der Waals surface area contributed by atoms with E-state index in [1.165, 1.54) is 0 Å². The van der Waals surface area contributed by atoms with Gasteiger partial charge in [-0.05, 0) is 54.3 Å². The number of nitrogens with one attached hydrogen (secondary N) is 2. The van der Waals surface area contributed by atoms with Crippen LogP contribution >= 0.6 is 11.8 Å². The van der Waals surface area contributed by atoms with E-state index in [-0.39, 0.29) is 16.4 Å². The van der Waals surface area contributed by atoms with E-state index in [0.29, 0.717) is 24.7 Å². The number of hydrogen-bond donors (Lipinski definition) is 2. The number of ether oxygens (including phenoxy) is 2. The highest BCUT2D eigenvalue weighted by atomic mass is 32.2. The summed E-state index contributed by atoms with van der Waals surface area (Å²) in [6.45, 7) is 5.56. The van der Waals surface area contributed by atoms with E-state index in [2.05, 4.69) is 24.5 Å². The Morgan fingerprint density at radius 1 is 1.03 bits per heavy atom. The van der Waals surface area contributed by atoms with E-state index < -0.39 is 0 Å². The van der Waals surface area contributed by atoms with Crippen LogP contribution in [-0.4, -0.2) is 32.5 Å². The zero-order valence-electron chi connectivity index (χ0n) is 21.6. The largest absolute Gasteiger partial charge is 0.486 e. The summed E-state index contributed by atoms with van der Waals surface area (Å²) in [5, 5.41) is 5.08. The first kappa shape index (κ1) is 25.7. The highest BCUT2D eigenvalue weighted by Crippen LogP contribution is 2.28. The number of fused-ring (bicyclic) bond motifs is 1. The van der Waals surface area contributed by atoms with Crippen LogP contribution in [0.25, 0.3) is 11.0 Å². The van der Waals surface area contributed by atoms with Crippen LogP contribution in [0.5, 0.6) is 17.2 Å². The number of rotatable bonds is 10. The van der Waals surface area contributed by atoms with Gasteiger partial charge in [-0.2, -0.15) is 0 Å². The van der Waals surface area contributed by atoms with E-state index in [1.807, 2.05) is 78.3 Å². The molecule has 1 atom stereocenters. The lowest BCUT2D eigenvalue weighted by molar-refractivity contribution is -0.118. The summed E-state index contributed by atoms with van der Waals surface area (Å²) in [5.74, 6) is 3.33. The molecule has 0 spiro atoms. The Kier molecular flexibility index (Phi) is 7.55. The molecule has 2 heterocycles. The van der Waals surface area contributed by atoms with Crippen molar-refractivity contribution in [3.8, 4) is 17.2 Å². The van der Waals surface area contributed by atoms with Gasteiger partial charge in [0, 0.05) is 31.4 Å². The van der Waals surface area contributed by atoms with Crippen LogP contribution in [0.3, 0.4) is 0 Å². The van der Waals surface area contributed by atoms with Crippen LogP contribution in [0.1, 0.15) is 25.2 Å². The van der Waals surface area contributed by atoms with Gasteiger partial charge in [0.05, 0.1) is 16.3 Å². The van der Waals surface area contributed by atoms with Crippen molar-refractivity contribution >= 4 is 39.6 Å². The molecule has 1 aromatic heterocycles. The number of nitrogens with zero attached hydrogens (tertiary/aromatic N) is 2. The Morgan fingerprint density at radius 2 is 1.79 bits per heavy atom. The summed E-state index contributed by atoms with van der Waals surface area (Å²) in [6, 6.07) is 21.4. The molecule has 0 saturated carbocycles. The molecule has 8 nitrogen and oxygen atoms in total. The normalized spacial score (nSPS) is 15.2. The zero-order chi connectivity index (χ0) is 26.6. The molecular formula is C29H30N4O4S. The van der Waals surface area contributed by atoms with Crippen LogP contribution in [0.4, 0.5) is 10.5 Å². The summed E-state index contributed by atoms with van der Waals surface area (Å²) in [4.78, 5) is 27.9. The number of amides is 2. The van der Waals surface area contributed by atoms with Gasteiger partial charge in [-0.15, -0.1) is 0 Å². The van der Waals surface area contributed by atoms with Crippen LogP contribution in [0.15, 0.2) is 66.7 Å². The van der Waals surface area contributed by atoms with Gasteiger partial charge >= 0.3 is 0 Å². The first-order chi connectivity index (χ1) is 18.3. The van der Waals surface area contributed by atoms with Crippen molar-refractivity contribution in [2.45, 2.75) is 32.1 Å². The van der Waals surface area contributed by atoms with E-state index in [9.17, 15) is 9.59 Å². The lowest BCUT2D eigenvalue weighted by atomic mass is 10.1. The average molecular weight is 531 g/mol. The maximum Gasteiger partial charge on any atom is 0.286 e. The highest BCUT2D eigenvalue weighted by molar-refractivity contribution is 8.15. The van der Waals surface area contributed by atoms with Gasteiger partial charge in [0.25, 0.3) is 5.24 Å². The van der Waals surface area contributed by atoms with E-state index in [4.69, 9.17) is 14.5 Å². The predicted molar refractivity (Wildman–Crippen MR) is 150 cm³/mol. The fraction of sp³-hybridized carbons (Fsp3) is 0.276. The molecule has 3 aromatic carbocycles. The fourth-order valence-electron chi connectivity index (χ4n) is 4.15. The number of aromatic nitrogens is 2. The molecule has 2 amide bonds. The number of imidazole rings is 1. The summed E-state index contributed by atoms with van der Waals surface area (Å²) in [6.07, 6.45) is 0.496. The lowest BCUT2D eigenvalue weighted by Crippen LogP contribution is -2.25. The Bertz CT molecular complexity index is 1470. The minimum atomic E-state index is -0.381. The first-order valence-electron chi connectivity index (χ1n) is 12.5. The second kappa shape index (κ2) is 11.2. The van der Waals surface area contributed by atoms with E-state index in [1.54, 1.807) is 0 Å². The minimum absolute atomic E-state index is 0.233. The number of hydrogen-bond acceptors (Lipinski definition) is 7. The fourth-order valence-corrected chi connectivity index (χ4v) is 5.01. The van der Waals surface area contributed by atoms with E-state index >= 15 is 0 Å². The molecule has 0 bridgehead atoms. The number of benzene rings is 3. The molecule has 1 aliphatic rings. The van der Waals surface area contributed by atoms with Crippen molar-refractivity contribution in [1.29, 1.82) is 0 Å². The zero-order valence-corrected chi connectivity index (χ0v) is 22.4. The van der Waals surface area contributed by atoms with Crippen molar-refractivity contribution < 1.29 is 19.1 Å². The molecule has 2 N–H and O–H groups in total. The standard InChI is InChI=1S/C29H30N4O4S/c1-18(2)16-30-20-5-4-6-22(14-20)37-23-11-12-24-25(15-23)33(3)27(31-24)17-36-21-9-7-19(8-10-21)13-26-28(34)32-29(35)38-26/h4-12,14-15,18,26,30H,13,16-17H2,1-3H3,(H,32,34,35). The van der Waals surface area contributed by atoms with Gasteiger partial charge in [-0.25, -0.2) is 4.98 Å². The van der Waals surface area contributed by atoms with Crippen LogP contribution in [-0.2, 0) is 24.9 Å². The minimum Gasteiger partial charge on any atom is -0.486 e. The van der Waals surface area contributed by atoms with Crippen molar-refractivity contribution in [3.63, 3.8) is 0 Å². The van der Waals surface area contributed by atoms with Crippen molar-refractivity contribution in [1.82, 2.24) is 14.9 Å². The molecule has 4 aromatic rings. The van der Waals surface area contributed by atoms with E-state index in [0.717, 1.165) is 57.9 Å². The maximum atomic E-state index is 11.8. The number of anilines is 1. The molecule has 5 rings (SSSR count). The van der Waals surface area contributed by atoms with Gasteiger partial charge in [-0.3, -0.25) is 14.9 Å². The SMILES string of the molecule is CC(C)CNc1cccc(Oc2ccc3nc(COc4ccc(CC5SC(=O)NC5=O)cc4)n(C)c3c2)c1. The first-order valence-corrected chi connectivity index (χ1v) is 13.4. The number of thioether (sulfide) groups is 1. The summed E-state index contributed by atoms with van der Waals surface area (Å²) < 4.78 is 14.1. The average Bonchev–Trinajstić information content (AvgIpc) is 3.39. The Labute approximate surface area is 225 Å². The van der Waals surface area contributed by atoms with Crippen molar-refractivity contribution in [2.24, 2.45) is 13.0 Å². The maximum absolute atomic E-state index is 11.8. The molecule has 38 heavy (non-hydrogen) atoms. The third-order valence-electron chi connectivity index (χ3n) is 6.21. The molecule has 9 heteroatoms. The molecule has 1 saturated heterocycles. The number of imide groups is 1. The topological polar surface area (TPSA) is 94.5 Å². The number of carbonyl (C=O) groups excluding carboxylic acids is 2. The quantitative estimate of drug-likeness (QED) is 0.263. The number of carbonyl (C=O) groups is 2. The lowest BCUT2D eigenvalue weighted by Gasteiger charge is -2.11. The van der Waals surface area contributed by atoms with Gasteiger partial charge in [-0.1, -0.05) is 43.8 Å². The Morgan fingerprint density at radius 3 is 2.53 bits per heavy atom. The van der Waals surface area contributed by atoms with Gasteiger partial charge in [0.1, 0.15) is 29.7 Å². The molecule has 1 fully saturated rings. The Balaban J connectivity index is 1.22. The summed E-state index contributed by atoms with van der Waals surface area (Å²) in [7, 11) is 1.96. The molecule has 196 valence electrons.